The van der Waals surface area contributed by atoms with Gasteiger partial charge in [0.25, 0.3) is 5.56 Å². The van der Waals surface area contributed by atoms with E-state index in [1.807, 2.05) is 5.32 Å². The Morgan fingerprint density at radius 3 is 1.92 bits per heavy atom. The van der Waals surface area contributed by atoms with E-state index in [2.05, 4.69) is 4.98 Å². The molecule has 4 nitrogen and oxygen atoms in total. The van der Waals surface area contributed by atoms with E-state index in [1.165, 1.54) is 0 Å². The zero-order chi connectivity index (χ0) is 27.2. The number of halogens is 12. The van der Waals surface area contributed by atoms with E-state index >= 15 is 0 Å². The van der Waals surface area contributed by atoms with Crippen LogP contribution in [0.4, 0.5) is 55.5 Å². The van der Waals surface area contributed by atoms with Gasteiger partial charge in [0.2, 0.25) is 5.95 Å². The minimum absolute atomic E-state index is 0.102. The van der Waals surface area contributed by atoms with E-state index in [-0.39, 0.29) is 17.7 Å². The fraction of sp³-hybridized carbons (Fsp3) is 0.200. The van der Waals surface area contributed by atoms with E-state index < -0.39 is 75.0 Å². The van der Waals surface area contributed by atoms with Crippen molar-refractivity contribution in [3.8, 4) is 0 Å². The first-order valence-corrected chi connectivity index (χ1v) is 10.0. The zero-order valence-electron chi connectivity index (χ0n) is 17.0. The molecular formula is C20H9Cl2F10N3O. The number of hydrogen-bond donors (Lipinski definition) is 1. The molecule has 0 amide bonds. The number of hydrogen-bond acceptors (Lipinski definition) is 3. The van der Waals surface area contributed by atoms with Crippen LogP contribution in [-0.4, -0.2) is 9.55 Å². The van der Waals surface area contributed by atoms with Gasteiger partial charge in [0.15, 0.2) is 5.69 Å². The van der Waals surface area contributed by atoms with Gasteiger partial charge >= 0.3 is 18.5 Å². The molecule has 3 rings (SSSR count). The molecule has 0 atom stereocenters. The van der Waals surface area contributed by atoms with Crippen molar-refractivity contribution in [2.45, 2.75) is 25.1 Å². The van der Waals surface area contributed by atoms with E-state index in [9.17, 15) is 48.7 Å². The van der Waals surface area contributed by atoms with Crippen LogP contribution in [0, 0.1) is 5.82 Å². The van der Waals surface area contributed by atoms with Crippen LogP contribution in [0.2, 0.25) is 10.0 Å². The quantitative estimate of drug-likeness (QED) is 0.331. The first-order valence-electron chi connectivity index (χ1n) is 9.26. The van der Waals surface area contributed by atoms with Crippen LogP contribution < -0.4 is 10.9 Å². The highest BCUT2D eigenvalue weighted by Gasteiger charge is 2.41. The Kier molecular flexibility index (Phi) is 7.25. The normalized spacial score (nSPS) is 12.7. The molecule has 0 aliphatic heterocycles. The summed E-state index contributed by atoms with van der Waals surface area (Å²) in [5.74, 6) is -1.83. The third kappa shape index (κ3) is 5.86. The number of nitrogens with one attached hydrogen (secondary N) is 1. The lowest BCUT2D eigenvalue weighted by Crippen LogP contribution is -2.29. The average molecular weight is 568 g/mol. The molecule has 0 bridgehead atoms. The summed E-state index contributed by atoms with van der Waals surface area (Å²) in [6.45, 7) is -0.644. The van der Waals surface area contributed by atoms with Crippen molar-refractivity contribution in [1.29, 1.82) is 0 Å². The Balaban J connectivity index is 2.27. The van der Waals surface area contributed by atoms with Crippen molar-refractivity contribution in [2.75, 3.05) is 5.32 Å². The Morgan fingerprint density at radius 1 is 0.833 bits per heavy atom. The van der Waals surface area contributed by atoms with Crippen LogP contribution in [0.25, 0.3) is 0 Å². The maximum Gasteiger partial charge on any atom is 0.435 e. The molecule has 0 aliphatic carbocycles. The van der Waals surface area contributed by atoms with Crippen LogP contribution in [-0.2, 0) is 25.1 Å². The summed E-state index contributed by atoms with van der Waals surface area (Å²) in [6, 6.07) is 3.94. The zero-order valence-corrected chi connectivity index (χ0v) is 18.5. The fourth-order valence-electron chi connectivity index (χ4n) is 2.94. The molecule has 16 heteroatoms. The van der Waals surface area contributed by atoms with Crippen LogP contribution in [0.3, 0.4) is 0 Å². The molecule has 0 saturated carbocycles. The summed E-state index contributed by atoms with van der Waals surface area (Å²) in [5, 5.41) is -0.882. The summed E-state index contributed by atoms with van der Waals surface area (Å²) in [7, 11) is 0. The van der Waals surface area contributed by atoms with Crippen LogP contribution in [0.1, 0.15) is 22.4 Å². The Bertz CT molecular complexity index is 1350. The molecule has 1 aromatic heterocycles. The standard InChI is InChI=1S/C20H9Cl2F10N3O/c21-13-11(19(27,28)29)5-9(18(24,25)26)6-12(13)33-17-34-15(20(30,31)32)14(22)16(36)35(17)7-8-1-3-10(23)4-2-8/h1-6H,7H2,(H,33,34). The minimum atomic E-state index is -5.38. The molecule has 194 valence electrons. The van der Waals surface area contributed by atoms with E-state index in [4.69, 9.17) is 23.2 Å². The van der Waals surface area contributed by atoms with Gasteiger partial charge in [-0.15, -0.1) is 0 Å². The molecule has 0 radical (unpaired) electrons. The SMILES string of the molecule is O=c1c(Cl)c(C(F)(F)F)nc(Nc2cc(C(F)(F)F)cc(C(F)(F)F)c2Cl)n1Cc1ccc(F)cc1. The highest BCUT2D eigenvalue weighted by Crippen LogP contribution is 2.43. The van der Waals surface area contributed by atoms with Gasteiger partial charge in [0.1, 0.15) is 10.8 Å². The lowest BCUT2D eigenvalue weighted by atomic mass is 10.1. The highest BCUT2D eigenvalue weighted by atomic mass is 35.5. The van der Waals surface area contributed by atoms with Gasteiger partial charge in [0.05, 0.1) is 28.4 Å². The Morgan fingerprint density at radius 2 is 1.42 bits per heavy atom. The van der Waals surface area contributed by atoms with Crippen molar-refractivity contribution in [3.05, 3.63) is 85.0 Å². The number of nitrogens with zero attached hydrogens (tertiary/aromatic N) is 2. The Hall–Kier alpha value is -3.00. The molecule has 1 N–H and O–H groups in total. The molecule has 0 fully saturated rings. The van der Waals surface area contributed by atoms with Crippen molar-refractivity contribution in [1.82, 2.24) is 9.55 Å². The predicted octanol–water partition coefficient (Wildman–Crippen LogP) is 7.54. The first-order chi connectivity index (χ1) is 16.4. The fourth-order valence-corrected chi connectivity index (χ4v) is 3.45. The van der Waals surface area contributed by atoms with E-state index in [1.54, 1.807) is 0 Å². The molecule has 0 saturated heterocycles. The third-order valence-corrected chi connectivity index (χ3v) is 5.34. The summed E-state index contributed by atoms with van der Waals surface area (Å²) < 4.78 is 133. The maximum absolute atomic E-state index is 13.4. The highest BCUT2D eigenvalue weighted by molar-refractivity contribution is 6.34. The second-order valence-electron chi connectivity index (χ2n) is 7.12. The molecular weight excluding hydrogens is 559 g/mol. The molecule has 2 aromatic carbocycles. The van der Waals surface area contributed by atoms with Gasteiger partial charge in [-0.25, -0.2) is 9.37 Å². The van der Waals surface area contributed by atoms with Gasteiger partial charge in [-0.3, -0.25) is 9.36 Å². The van der Waals surface area contributed by atoms with E-state index in [0.717, 1.165) is 24.3 Å². The lowest BCUT2D eigenvalue weighted by molar-refractivity contribution is -0.143. The van der Waals surface area contributed by atoms with Crippen molar-refractivity contribution in [2.24, 2.45) is 0 Å². The molecule has 0 spiro atoms. The van der Waals surface area contributed by atoms with Gasteiger partial charge in [-0.1, -0.05) is 35.3 Å². The van der Waals surface area contributed by atoms with Gasteiger partial charge in [0, 0.05) is 0 Å². The van der Waals surface area contributed by atoms with Gasteiger partial charge in [-0.05, 0) is 29.8 Å². The average Bonchev–Trinajstić information content (AvgIpc) is 2.73. The Labute approximate surface area is 204 Å². The molecule has 0 aliphatic rings. The maximum atomic E-state index is 13.4. The number of rotatable bonds is 4. The lowest BCUT2D eigenvalue weighted by Gasteiger charge is -2.20. The van der Waals surface area contributed by atoms with Gasteiger partial charge in [-0.2, -0.15) is 39.5 Å². The second kappa shape index (κ2) is 9.47. The number of anilines is 2. The first kappa shape index (κ1) is 27.6. The van der Waals surface area contributed by atoms with Crippen LogP contribution in [0.15, 0.2) is 41.2 Å². The van der Waals surface area contributed by atoms with Crippen LogP contribution in [0.5, 0.6) is 0 Å². The summed E-state index contributed by atoms with van der Waals surface area (Å²) in [6.07, 6.45) is -16.0. The van der Waals surface area contributed by atoms with Gasteiger partial charge < -0.3 is 5.32 Å². The summed E-state index contributed by atoms with van der Waals surface area (Å²) in [5.41, 5.74) is -8.31. The monoisotopic (exact) mass is 567 g/mol. The van der Waals surface area contributed by atoms with Crippen molar-refractivity contribution in [3.63, 3.8) is 0 Å². The molecule has 3 aromatic rings. The molecule has 1 heterocycles. The minimum Gasteiger partial charge on any atom is -0.324 e. The smallest absolute Gasteiger partial charge is 0.324 e. The third-order valence-electron chi connectivity index (χ3n) is 4.59. The molecule has 0 unspecified atom stereocenters. The number of aromatic nitrogens is 2. The van der Waals surface area contributed by atoms with Crippen LogP contribution >= 0.6 is 23.2 Å². The predicted molar refractivity (Wildman–Crippen MR) is 109 cm³/mol. The number of alkyl halides is 9. The largest absolute Gasteiger partial charge is 0.435 e. The second-order valence-corrected chi connectivity index (χ2v) is 7.88. The topological polar surface area (TPSA) is 46.9 Å². The summed E-state index contributed by atoms with van der Waals surface area (Å²) >= 11 is 11.2. The van der Waals surface area contributed by atoms with Crippen molar-refractivity contribution >= 4 is 34.8 Å². The van der Waals surface area contributed by atoms with Crippen molar-refractivity contribution < 1.29 is 43.9 Å². The molecule has 36 heavy (non-hydrogen) atoms. The number of benzene rings is 2. The van der Waals surface area contributed by atoms with E-state index in [0.29, 0.717) is 4.57 Å². The summed E-state index contributed by atoms with van der Waals surface area (Å²) in [4.78, 5) is 15.8.